The van der Waals surface area contributed by atoms with Crippen LogP contribution in [0, 0.1) is 12.7 Å². The summed E-state index contributed by atoms with van der Waals surface area (Å²) >= 11 is 0. The SMILES string of the molecule is CN[C@@H]1[C@@H](O)[C@H](O)[C@@H](CO)O[C@H]1O.Cc1nc2n(c(=O)c1CCN1CCC(c3noc4cc(F)ccc34)CC1)CCCC2P(=O)(O)O. The maximum absolute atomic E-state index is 13.4. The summed E-state index contributed by atoms with van der Waals surface area (Å²) in [4.78, 5) is 39.3. The summed E-state index contributed by atoms with van der Waals surface area (Å²) in [6, 6.07) is 3.77. The Hall–Kier alpha value is -2.63. The zero-order valence-electron chi connectivity index (χ0n) is 26.3. The Morgan fingerprint density at radius 2 is 1.83 bits per heavy atom. The lowest BCUT2D eigenvalue weighted by Gasteiger charge is -2.39. The zero-order valence-corrected chi connectivity index (χ0v) is 27.2. The molecule has 2 fully saturated rings. The van der Waals surface area contributed by atoms with Crippen molar-refractivity contribution < 1.29 is 48.4 Å². The summed E-state index contributed by atoms with van der Waals surface area (Å²) < 4.78 is 37.0. The number of likely N-dealkylation sites (N-methyl/N-ethyl adjacent to an activating group) is 1. The molecule has 0 spiro atoms. The minimum atomic E-state index is -4.37. The van der Waals surface area contributed by atoms with Crippen LogP contribution in [0.3, 0.4) is 0 Å². The first-order valence-corrected chi connectivity index (χ1v) is 17.4. The van der Waals surface area contributed by atoms with Gasteiger partial charge >= 0.3 is 7.60 Å². The largest absolute Gasteiger partial charge is 0.394 e. The van der Waals surface area contributed by atoms with Crippen molar-refractivity contribution in [2.75, 3.05) is 33.3 Å². The molecule has 1 aromatic carbocycles. The van der Waals surface area contributed by atoms with E-state index in [0.29, 0.717) is 49.2 Å². The molecule has 6 rings (SSSR count). The van der Waals surface area contributed by atoms with Gasteiger partial charge in [-0.15, -0.1) is 0 Å². The van der Waals surface area contributed by atoms with Crippen molar-refractivity contribution in [2.45, 2.75) is 87.8 Å². The minimum Gasteiger partial charge on any atom is -0.394 e. The first kappa shape index (κ1) is 35.7. The van der Waals surface area contributed by atoms with Gasteiger partial charge in [0.25, 0.3) is 5.56 Å². The standard InChI is InChI=1S/C23H28FN4O5P.C7H15NO5/c1-14-17(23(29)28-9-2-3-20(22(28)25-14)34(30,31)32)8-12-27-10-6-15(7-11-27)21-18-5-4-16(24)13-19(18)33-26-21;1-8-4-6(11)5(10)3(2-9)13-7(4)12/h4-5,13,15,20H,2-3,6-12H2,1H3,(H2,30,31,32);3-12H,2H2,1H3/t;3-,4-,5-,6-,7-/m.1/s1. The summed E-state index contributed by atoms with van der Waals surface area (Å²) in [6.07, 6.45) is -1.29. The van der Waals surface area contributed by atoms with Gasteiger partial charge in [0.2, 0.25) is 0 Å². The number of benzene rings is 1. The lowest BCUT2D eigenvalue weighted by molar-refractivity contribution is -0.253. The highest BCUT2D eigenvalue weighted by atomic mass is 31.2. The van der Waals surface area contributed by atoms with Crippen molar-refractivity contribution >= 4 is 18.6 Å². The van der Waals surface area contributed by atoms with Crippen LogP contribution in [-0.4, -0.2) is 114 Å². The van der Waals surface area contributed by atoms with E-state index in [1.54, 1.807) is 13.0 Å². The molecule has 0 bridgehead atoms. The Morgan fingerprint density at radius 1 is 1.11 bits per heavy atom. The van der Waals surface area contributed by atoms with E-state index in [-0.39, 0.29) is 23.1 Å². The molecule has 3 aliphatic rings. The highest BCUT2D eigenvalue weighted by Crippen LogP contribution is 2.54. The lowest BCUT2D eigenvalue weighted by atomic mass is 9.91. The van der Waals surface area contributed by atoms with Crippen LogP contribution in [0.15, 0.2) is 27.5 Å². The van der Waals surface area contributed by atoms with Gasteiger partial charge in [-0.3, -0.25) is 13.9 Å². The van der Waals surface area contributed by atoms with E-state index in [2.05, 4.69) is 20.4 Å². The Balaban J connectivity index is 0.000000281. The van der Waals surface area contributed by atoms with Gasteiger partial charge in [-0.1, -0.05) is 5.16 Å². The van der Waals surface area contributed by atoms with E-state index >= 15 is 0 Å². The highest BCUT2D eigenvalue weighted by molar-refractivity contribution is 7.52. The number of nitrogens with one attached hydrogen (secondary N) is 1. The predicted molar refractivity (Wildman–Crippen MR) is 166 cm³/mol. The van der Waals surface area contributed by atoms with Gasteiger partial charge in [0.1, 0.15) is 35.6 Å². The number of rotatable bonds is 7. The van der Waals surface area contributed by atoms with Crippen LogP contribution >= 0.6 is 7.60 Å². The van der Waals surface area contributed by atoms with Crippen molar-refractivity contribution in [3.05, 3.63) is 57.1 Å². The van der Waals surface area contributed by atoms with Gasteiger partial charge in [0.15, 0.2) is 11.9 Å². The third-order valence-electron chi connectivity index (χ3n) is 9.41. The van der Waals surface area contributed by atoms with Crippen LogP contribution in [0.2, 0.25) is 0 Å². The number of halogens is 1. The van der Waals surface area contributed by atoms with Gasteiger partial charge in [0, 0.05) is 41.7 Å². The number of aliphatic hydroxyl groups is 4. The molecule has 5 heterocycles. The first-order chi connectivity index (χ1) is 22.3. The molecule has 2 aromatic heterocycles. The van der Waals surface area contributed by atoms with Crippen LogP contribution in [0.4, 0.5) is 4.39 Å². The van der Waals surface area contributed by atoms with Gasteiger partial charge < -0.3 is 49.7 Å². The van der Waals surface area contributed by atoms with Crippen molar-refractivity contribution in [2.24, 2.45) is 0 Å². The summed E-state index contributed by atoms with van der Waals surface area (Å²) in [5, 5.41) is 44.5. The fraction of sp³-hybridized carbons (Fsp3) is 0.633. The molecule has 15 nitrogen and oxygen atoms in total. The van der Waals surface area contributed by atoms with E-state index in [1.807, 2.05) is 0 Å². The molecular weight excluding hydrogens is 640 g/mol. The van der Waals surface area contributed by atoms with Crippen molar-refractivity contribution in [3.8, 4) is 0 Å². The number of fused-ring (bicyclic) bond motifs is 2. The van der Waals surface area contributed by atoms with E-state index < -0.39 is 50.5 Å². The number of ether oxygens (including phenoxy) is 1. The number of hydrogen-bond acceptors (Lipinski definition) is 12. The van der Waals surface area contributed by atoms with Crippen LogP contribution in [0.1, 0.15) is 60.0 Å². The molecule has 17 heteroatoms. The smallest absolute Gasteiger partial charge is 0.336 e. The molecule has 6 atom stereocenters. The molecule has 0 amide bonds. The molecule has 0 saturated carbocycles. The molecule has 7 N–H and O–H groups in total. The van der Waals surface area contributed by atoms with Crippen LogP contribution < -0.4 is 10.9 Å². The monoisotopic (exact) mass is 683 g/mol. The molecule has 1 unspecified atom stereocenters. The average Bonchev–Trinajstić information content (AvgIpc) is 3.46. The Bertz CT molecular complexity index is 1640. The van der Waals surface area contributed by atoms with Crippen LogP contribution in [0.25, 0.3) is 11.0 Å². The topological polar surface area (TPSA) is 224 Å². The predicted octanol–water partition coefficient (Wildman–Crippen LogP) is 0.272. The molecule has 47 heavy (non-hydrogen) atoms. The third kappa shape index (κ3) is 7.67. The average molecular weight is 684 g/mol. The summed E-state index contributed by atoms with van der Waals surface area (Å²) in [5.74, 6) is 0.113. The number of nitrogens with zero attached hydrogens (tertiary/aromatic N) is 4. The Kier molecular flexibility index (Phi) is 11.3. The maximum atomic E-state index is 13.4. The van der Waals surface area contributed by atoms with Crippen molar-refractivity contribution in [1.82, 2.24) is 24.9 Å². The number of aliphatic hydroxyl groups excluding tert-OH is 4. The summed E-state index contributed by atoms with van der Waals surface area (Å²) in [7, 11) is -2.84. The second-order valence-corrected chi connectivity index (χ2v) is 14.2. The van der Waals surface area contributed by atoms with Gasteiger partial charge in [-0.05, 0) is 71.3 Å². The molecular formula is C30H43FN5O10P. The van der Waals surface area contributed by atoms with E-state index in [4.69, 9.17) is 14.4 Å². The number of aryl methyl sites for hydroxylation is 1. The fourth-order valence-corrected chi connectivity index (χ4v) is 7.72. The number of hydrogen-bond donors (Lipinski definition) is 7. The zero-order chi connectivity index (χ0) is 34.0. The highest BCUT2D eigenvalue weighted by Gasteiger charge is 2.42. The molecule has 0 radical (unpaired) electrons. The van der Waals surface area contributed by atoms with Gasteiger partial charge in [-0.2, -0.15) is 0 Å². The normalized spacial score (nSPS) is 27.3. The number of aromatic nitrogens is 3. The second-order valence-electron chi connectivity index (χ2n) is 12.4. The second kappa shape index (κ2) is 14.9. The van der Waals surface area contributed by atoms with Crippen LogP contribution in [0.5, 0.6) is 0 Å². The number of likely N-dealkylation sites (tertiary alicyclic amines) is 1. The lowest BCUT2D eigenvalue weighted by Crippen LogP contribution is -2.62. The number of piperidine rings is 1. The van der Waals surface area contributed by atoms with Gasteiger partial charge in [-0.25, -0.2) is 9.37 Å². The summed E-state index contributed by atoms with van der Waals surface area (Å²) in [6.45, 7) is 4.14. The summed E-state index contributed by atoms with van der Waals surface area (Å²) in [5.41, 5.74) is 1.31. The van der Waals surface area contributed by atoms with Crippen molar-refractivity contribution in [1.29, 1.82) is 0 Å². The van der Waals surface area contributed by atoms with E-state index in [0.717, 1.165) is 37.0 Å². The molecule has 3 aliphatic heterocycles. The van der Waals surface area contributed by atoms with E-state index in [1.165, 1.54) is 23.7 Å². The van der Waals surface area contributed by atoms with E-state index in [9.17, 15) is 38.9 Å². The third-order valence-corrected chi connectivity index (χ3v) is 10.7. The van der Waals surface area contributed by atoms with Crippen LogP contribution in [-0.2, 0) is 22.3 Å². The van der Waals surface area contributed by atoms with Crippen molar-refractivity contribution in [3.63, 3.8) is 0 Å². The molecule has 260 valence electrons. The quantitative estimate of drug-likeness (QED) is 0.166. The van der Waals surface area contributed by atoms with Gasteiger partial charge in [0.05, 0.1) is 18.3 Å². The fourth-order valence-electron chi connectivity index (χ4n) is 6.70. The molecule has 3 aromatic rings. The first-order valence-electron chi connectivity index (χ1n) is 15.7. The minimum absolute atomic E-state index is 0.183. The molecule has 2 saturated heterocycles. The Morgan fingerprint density at radius 3 is 2.49 bits per heavy atom. The molecule has 0 aliphatic carbocycles. The Labute approximate surface area is 270 Å². The maximum Gasteiger partial charge on any atom is 0.336 e.